The molecule has 2 heterocycles. The molecule has 1 aliphatic rings. The lowest BCUT2D eigenvalue weighted by Gasteiger charge is -2.34. The number of ether oxygens (including phenoxy) is 1. The van der Waals surface area contributed by atoms with E-state index in [1.807, 2.05) is 31.2 Å². The fraction of sp³-hybridized carbons (Fsp3) is 0.360. The van der Waals surface area contributed by atoms with Crippen molar-refractivity contribution in [1.29, 1.82) is 0 Å². The molecule has 7 nitrogen and oxygen atoms in total. The van der Waals surface area contributed by atoms with E-state index in [0.717, 1.165) is 49.4 Å². The number of fused-ring (bicyclic) bond motifs is 1. The van der Waals surface area contributed by atoms with Crippen LogP contribution >= 0.6 is 0 Å². The number of hydrogen-bond acceptors (Lipinski definition) is 6. The standard InChI is InChI=1S/C25H29N3O4/c1-3-31-22-7-4-19(5-8-22)16-27-10-12-28(13-11-27)17-20-14-25(30)32-24-15-21(26-18(2)29)6-9-23(20)24/h4-9,14-15H,3,10-13,16-17H2,1-2H3,(H,26,29). The smallest absolute Gasteiger partial charge is 0.336 e. The summed E-state index contributed by atoms with van der Waals surface area (Å²) in [6.07, 6.45) is 0. The molecule has 1 fully saturated rings. The quantitative estimate of drug-likeness (QED) is 0.573. The van der Waals surface area contributed by atoms with E-state index < -0.39 is 0 Å². The summed E-state index contributed by atoms with van der Waals surface area (Å²) in [5, 5.41) is 3.63. The molecule has 0 spiro atoms. The van der Waals surface area contributed by atoms with E-state index in [-0.39, 0.29) is 11.5 Å². The number of benzene rings is 2. The first-order valence-corrected chi connectivity index (χ1v) is 11.0. The van der Waals surface area contributed by atoms with Crippen molar-refractivity contribution in [3.05, 3.63) is 70.1 Å². The van der Waals surface area contributed by atoms with Gasteiger partial charge in [-0.05, 0) is 42.3 Å². The molecule has 0 radical (unpaired) electrons. The molecule has 0 aliphatic carbocycles. The first-order chi connectivity index (χ1) is 15.5. The van der Waals surface area contributed by atoms with Crippen LogP contribution in [0.3, 0.4) is 0 Å². The lowest BCUT2D eigenvalue weighted by molar-refractivity contribution is -0.114. The summed E-state index contributed by atoms with van der Waals surface area (Å²) < 4.78 is 10.9. The van der Waals surface area contributed by atoms with Crippen LogP contribution in [-0.4, -0.2) is 48.5 Å². The van der Waals surface area contributed by atoms with Gasteiger partial charge in [-0.15, -0.1) is 0 Å². The van der Waals surface area contributed by atoms with Gasteiger partial charge in [0.25, 0.3) is 0 Å². The molecule has 1 N–H and O–H groups in total. The fourth-order valence-corrected chi connectivity index (χ4v) is 4.10. The van der Waals surface area contributed by atoms with Crippen molar-refractivity contribution < 1.29 is 13.9 Å². The molecule has 168 valence electrons. The van der Waals surface area contributed by atoms with Gasteiger partial charge in [-0.2, -0.15) is 0 Å². The van der Waals surface area contributed by atoms with E-state index in [4.69, 9.17) is 9.15 Å². The lowest BCUT2D eigenvalue weighted by atomic mass is 10.1. The Morgan fingerprint density at radius 2 is 1.69 bits per heavy atom. The zero-order chi connectivity index (χ0) is 22.5. The number of carbonyl (C=O) groups is 1. The Bertz CT molecular complexity index is 1130. The van der Waals surface area contributed by atoms with Gasteiger partial charge in [-0.1, -0.05) is 12.1 Å². The number of anilines is 1. The first-order valence-electron chi connectivity index (χ1n) is 11.0. The van der Waals surface area contributed by atoms with Crippen molar-refractivity contribution in [1.82, 2.24) is 9.80 Å². The Labute approximate surface area is 187 Å². The van der Waals surface area contributed by atoms with Gasteiger partial charge in [0.2, 0.25) is 5.91 Å². The van der Waals surface area contributed by atoms with Gasteiger partial charge < -0.3 is 14.5 Å². The van der Waals surface area contributed by atoms with Crippen LogP contribution in [0.15, 0.2) is 57.7 Å². The van der Waals surface area contributed by atoms with Gasteiger partial charge in [0.05, 0.1) is 6.61 Å². The first kappa shape index (κ1) is 22.0. The monoisotopic (exact) mass is 435 g/mol. The van der Waals surface area contributed by atoms with Crippen molar-refractivity contribution in [2.75, 3.05) is 38.1 Å². The van der Waals surface area contributed by atoms with Crippen molar-refractivity contribution in [2.45, 2.75) is 26.9 Å². The van der Waals surface area contributed by atoms with E-state index in [0.29, 0.717) is 24.4 Å². The zero-order valence-electron chi connectivity index (χ0n) is 18.6. The molecule has 1 aromatic heterocycles. The molecule has 7 heteroatoms. The molecular weight excluding hydrogens is 406 g/mol. The number of piperazine rings is 1. The summed E-state index contributed by atoms with van der Waals surface area (Å²) in [5.41, 5.74) is 2.97. The minimum atomic E-state index is -0.374. The number of carbonyl (C=O) groups excluding carboxylic acids is 1. The summed E-state index contributed by atoms with van der Waals surface area (Å²) >= 11 is 0. The number of amides is 1. The predicted octanol–water partition coefficient (Wildman–Crippen LogP) is 3.47. The van der Waals surface area contributed by atoms with Gasteiger partial charge in [-0.3, -0.25) is 14.6 Å². The van der Waals surface area contributed by atoms with Crippen LogP contribution in [0, 0.1) is 0 Å². The summed E-state index contributed by atoms with van der Waals surface area (Å²) in [7, 11) is 0. The fourth-order valence-electron chi connectivity index (χ4n) is 4.10. The topological polar surface area (TPSA) is 75.0 Å². The van der Waals surface area contributed by atoms with Gasteiger partial charge in [0, 0.05) is 69.4 Å². The maximum Gasteiger partial charge on any atom is 0.336 e. The van der Waals surface area contributed by atoms with Gasteiger partial charge in [0.15, 0.2) is 0 Å². The molecule has 1 aliphatic heterocycles. The number of hydrogen-bond donors (Lipinski definition) is 1. The van der Waals surface area contributed by atoms with Crippen LogP contribution in [0.1, 0.15) is 25.0 Å². The van der Waals surface area contributed by atoms with Crippen molar-refractivity contribution in [2.24, 2.45) is 0 Å². The largest absolute Gasteiger partial charge is 0.494 e. The molecule has 1 saturated heterocycles. The summed E-state index contributed by atoms with van der Waals surface area (Å²) in [6.45, 7) is 9.54. The highest BCUT2D eigenvalue weighted by Gasteiger charge is 2.19. The minimum absolute atomic E-state index is 0.161. The molecule has 4 rings (SSSR count). The highest BCUT2D eigenvalue weighted by atomic mass is 16.5. The average molecular weight is 436 g/mol. The van der Waals surface area contributed by atoms with E-state index in [1.165, 1.54) is 12.5 Å². The Morgan fingerprint density at radius 1 is 1.00 bits per heavy atom. The molecule has 1 amide bonds. The number of nitrogens with one attached hydrogen (secondary N) is 1. The van der Waals surface area contributed by atoms with Crippen molar-refractivity contribution in [3.63, 3.8) is 0 Å². The molecule has 0 atom stereocenters. The van der Waals surface area contributed by atoms with Gasteiger partial charge in [-0.25, -0.2) is 4.79 Å². The Kier molecular flexibility index (Phi) is 6.87. The molecular formula is C25H29N3O4. The van der Waals surface area contributed by atoms with E-state index in [9.17, 15) is 9.59 Å². The molecule has 0 saturated carbocycles. The van der Waals surface area contributed by atoms with Crippen LogP contribution in [0.2, 0.25) is 0 Å². The van der Waals surface area contributed by atoms with Crippen LogP contribution in [0.4, 0.5) is 5.69 Å². The maximum absolute atomic E-state index is 12.1. The van der Waals surface area contributed by atoms with Gasteiger partial charge in [0.1, 0.15) is 11.3 Å². The second-order valence-electron chi connectivity index (χ2n) is 8.11. The van der Waals surface area contributed by atoms with Crippen molar-refractivity contribution in [3.8, 4) is 5.75 Å². The molecule has 0 bridgehead atoms. The molecule has 32 heavy (non-hydrogen) atoms. The summed E-state index contributed by atoms with van der Waals surface area (Å²) in [4.78, 5) is 28.2. The van der Waals surface area contributed by atoms with Crippen LogP contribution in [0.5, 0.6) is 5.75 Å². The maximum atomic E-state index is 12.1. The van der Waals surface area contributed by atoms with Crippen LogP contribution in [0.25, 0.3) is 11.0 Å². The SMILES string of the molecule is CCOc1ccc(CN2CCN(Cc3cc(=O)oc4cc(NC(C)=O)ccc34)CC2)cc1. The highest BCUT2D eigenvalue weighted by molar-refractivity contribution is 5.92. The van der Waals surface area contributed by atoms with E-state index in [2.05, 4.69) is 27.2 Å². The third-order valence-electron chi connectivity index (χ3n) is 5.65. The Morgan fingerprint density at radius 3 is 2.34 bits per heavy atom. The number of rotatable bonds is 7. The molecule has 2 aromatic carbocycles. The third-order valence-corrected chi connectivity index (χ3v) is 5.65. The number of nitrogens with zero attached hydrogens (tertiary/aromatic N) is 2. The van der Waals surface area contributed by atoms with Crippen LogP contribution in [-0.2, 0) is 17.9 Å². The minimum Gasteiger partial charge on any atom is -0.494 e. The highest BCUT2D eigenvalue weighted by Crippen LogP contribution is 2.23. The Balaban J connectivity index is 1.38. The lowest BCUT2D eigenvalue weighted by Crippen LogP contribution is -2.45. The van der Waals surface area contributed by atoms with Crippen molar-refractivity contribution >= 4 is 22.6 Å². The van der Waals surface area contributed by atoms with Gasteiger partial charge >= 0.3 is 5.63 Å². The summed E-state index contributed by atoms with van der Waals surface area (Å²) in [5.74, 6) is 0.746. The summed E-state index contributed by atoms with van der Waals surface area (Å²) in [6, 6.07) is 15.3. The zero-order valence-corrected chi connectivity index (χ0v) is 18.6. The van der Waals surface area contributed by atoms with E-state index >= 15 is 0 Å². The third kappa shape index (κ3) is 5.55. The second kappa shape index (κ2) is 9.97. The normalized spacial score (nSPS) is 15.1. The molecule has 0 unspecified atom stereocenters. The van der Waals surface area contributed by atoms with E-state index in [1.54, 1.807) is 12.1 Å². The Hall–Kier alpha value is -3.16. The second-order valence-corrected chi connectivity index (χ2v) is 8.11. The molecule has 3 aromatic rings. The van der Waals surface area contributed by atoms with Crippen LogP contribution < -0.4 is 15.7 Å². The average Bonchev–Trinajstić information content (AvgIpc) is 2.76. The predicted molar refractivity (Wildman–Crippen MR) is 125 cm³/mol.